The van der Waals surface area contributed by atoms with Crippen molar-refractivity contribution >= 4 is 46.9 Å². The fraction of sp³-hybridized carbons (Fsp3) is 0.518. The molecule has 0 radical (unpaired) electrons. The number of carbonyl (C=O) groups is 5. The lowest BCUT2D eigenvalue weighted by atomic mass is 9.81. The number of amides is 5. The Labute approximate surface area is 436 Å². The molecule has 5 N–H and O–H groups in total. The highest BCUT2D eigenvalue weighted by molar-refractivity contribution is 7.13. The molecule has 2 aromatic carbocycles. The lowest BCUT2D eigenvalue weighted by Gasteiger charge is -2.35. The Morgan fingerprint density at radius 1 is 0.851 bits per heavy atom. The number of alkyl halides is 3. The number of carbonyl (C=O) groups excluding carboxylic acids is 5. The molecular formula is C56H72F3N7O7S. The van der Waals surface area contributed by atoms with E-state index in [9.17, 15) is 42.3 Å². The Morgan fingerprint density at radius 2 is 1.54 bits per heavy atom. The number of nitrogens with zero attached hydrogens (tertiary/aromatic N) is 3. The van der Waals surface area contributed by atoms with Crippen LogP contribution in [0.5, 0.6) is 5.75 Å². The largest absolute Gasteiger partial charge is 0.495 e. The summed E-state index contributed by atoms with van der Waals surface area (Å²) in [5, 5.41) is 22.3. The van der Waals surface area contributed by atoms with E-state index in [2.05, 4.69) is 31.2 Å². The van der Waals surface area contributed by atoms with E-state index in [1.807, 2.05) is 87.8 Å². The maximum absolute atomic E-state index is 14.0. The zero-order valence-electron chi connectivity index (χ0n) is 43.2. The summed E-state index contributed by atoms with van der Waals surface area (Å²) in [6, 6.07) is 15.1. The van der Waals surface area contributed by atoms with Crippen molar-refractivity contribution in [1.82, 2.24) is 36.1 Å². The summed E-state index contributed by atoms with van der Waals surface area (Å²) in [5.41, 5.74) is 6.44. The molecule has 4 aromatic rings. The van der Waals surface area contributed by atoms with Crippen molar-refractivity contribution < 1.29 is 47.0 Å². The number of hydrogen-bond donors (Lipinski definition) is 5. The van der Waals surface area contributed by atoms with Crippen LogP contribution in [0.2, 0.25) is 0 Å². The Hall–Kier alpha value is -6.14. The van der Waals surface area contributed by atoms with Gasteiger partial charge in [0.25, 0.3) is 5.91 Å². The SMILES string of the molecule is COc1cnc(C(=O)NCc2cccc(CC(=O)NCCCCCCCCC(=O)N[C@H](C(=O)N3C[C@H](O)C[C@H]3C(=O)NCc3ccc(-c4scnc4C)cc3)C(C)(C)C)c2)cc1/C=C/[C@H]1CC[C@H](C(F)(F)F)CC1. The van der Waals surface area contributed by atoms with Gasteiger partial charge in [0, 0.05) is 44.6 Å². The minimum absolute atomic E-state index is 0.00410. The number of aliphatic hydroxyl groups is 1. The van der Waals surface area contributed by atoms with Gasteiger partial charge >= 0.3 is 6.18 Å². The van der Waals surface area contributed by atoms with Gasteiger partial charge in [-0.25, -0.2) is 9.97 Å². The lowest BCUT2D eigenvalue weighted by Crippen LogP contribution is -2.57. The molecule has 14 nitrogen and oxygen atoms in total. The number of likely N-dealkylation sites (tertiary alicyclic amines) is 1. The smallest absolute Gasteiger partial charge is 0.391 e. The van der Waals surface area contributed by atoms with Crippen LogP contribution >= 0.6 is 11.3 Å². The monoisotopic (exact) mass is 1040 g/mol. The lowest BCUT2D eigenvalue weighted by molar-refractivity contribution is -0.183. The van der Waals surface area contributed by atoms with Crippen molar-refractivity contribution in [3.8, 4) is 16.2 Å². The molecule has 0 bridgehead atoms. The number of methoxy groups -OCH3 is 1. The van der Waals surface area contributed by atoms with Gasteiger partial charge in [0.05, 0.1) is 47.8 Å². The number of hydrogen-bond acceptors (Lipinski definition) is 10. The molecule has 1 aliphatic heterocycles. The minimum atomic E-state index is -4.16. The van der Waals surface area contributed by atoms with Crippen LogP contribution in [0.25, 0.3) is 16.5 Å². The summed E-state index contributed by atoms with van der Waals surface area (Å²) in [5.74, 6) is -2.31. The number of aromatic nitrogens is 2. The Bertz CT molecular complexity index is 2550. The average Bonchev–Trinajstić information content (AvgIpc) is 3.99. The van der Waals surface area contributed by atoms with E-state index in [1.165, 1.54) is 18.2 Å². The fourth-order valence-electron chi connectivity index (χ4n) is 9.49. The molecule has 0 spiro atoms. The molecule has 18 heteroatoms. The van der Waals surface area contributed by atoms with E-state index in [-0.39, 0.29) is 81.1 Å². The van der Waals surface area contributed by atoms with Gasteiger partial charge in [-0.2, -0.15) is 13.2 Å². The van der Waals surface area contributed by atoms with Crippen LogP contribution in [0.4, 0.5) is 13.2 Å². The van der Waals surface area contributed by atoms with Gasteiger partial charge in [-0.3, -0.25) is 24.0 Å². The van der Waals surface area contributed by atoms with Gasteiger partial charge in [-0.15, -0.1) is 11.3 Å². The molecule has 1 saturated heterocycles. The number of unbranched alkanes of at least 4 members (excludes halogenated alkanes) is 5. The van der Waals surface area contributed by atoms with Gasteiger partial charge in [-0.05, 0) is 85.1 Å². The van der Waals surface area contributed by atoms with Crippen LogP contribution in [-0.4, -0.2) is 94.1 Å². The number of nitrogens with one attached hydrogen (secondary N) is 4. The molecule has 400 valence electrons. The van der Waals surface area contributed by atoms with E-state index >= 15 is 0 Å². The number of β-amino-alcohol motifs (C(OH)–C–C–N with tert-alkyl or cyclic N) is 1. The first kappa shape index (κ1) is 57.1. The predicted octanol–water partition coefficient (Wildman–Crippen LogP) is 9.03. The maximum Gasteiger partial charge on any atom is 0.391 e. The normalized spacial score (nSPS) is 18.5. The van der Waals surface area contributed by atoms with Crippen LogP contribution in [0, 0.1) is 24.2 Å². The van der Waals surface area contributed by atoms with Crippen molar-refractivity contribution in [3.05, 3.63) is 106 Å². The Balaban J connectivity index is 0.845. The number of aliphatic hydroxyl groups excluding tert-OH is 1. The molecule has 0 unspecified atom stereocenters. The number of thiazole rings is 1. The van der Waals surface area contributed by atoms with Crippen molar-refractivity contribution in [2.24, 2.45) is 17.3 Å². The van der Waals surface area contributed by atoms with Crippen molar-refractivity contribution in [1.29, 1.82) is 0 Å². The van der Waals surface area contributed by atoms with E-state index in [4.69, 9.17) is 4.74 Å². The summed E-state index contributed by atoms with van der Waals surface area (Å²) in [4.78, 5) is 77.6. The molecule has 2 aromatic heterocycles. The molecule has 2 fully saturated rings. The molecular weight excluding hydrogens is 972 g/mol. The van der Waals surface area contributed by atoms with Crippen LogP contribution in [0.15, 0.2) is 72.4 Å². The number of benzene rings is 2. The number of pyridine rings is 1. The summed E-state index contributed by atoms with van der Waals surface area (Å²) in [6.07, 6.45) is 6.75. The van der Waals surface area contributed by atoms with Crippen LogP contribution in [0.1, 0.15) is 136 Å². The van der Waals surface area contributed by atoms with Gasteiger partial charge in [0.15, 0.2) is 0 Å². The van der Waals surface area contributed by atoms with E-state index < -0.39 is 47.5 Å². The second-order valence-electron chi connectivity index (χ2n) is 20.7. The third-order valence-electron chi connectivity index (χ3n) is 13.8. The minimum Gasteiger partial charge on any atom is -0.495 e. The Kier molecular flexibility index (Phi) is 20.8. The highest BCUT2D eigenvalue weighted by Gasteiger charge is 2.45. The quantitative estimate of drug-likeness (QED) is 0.0451. The van der Waals surface area contributed by atoms with Crippen LogP contribution < -0.4 is 26.0 Å². The molecule has 5 amide bonds. The number of allylic oxidation sites excluding steroid dienone is 1. The summed E-state index contributed by atoms with van der Waals surface area (Å²) in [7, 11) is 1.49. The number of ether oxygens (including phenoxy) is 1. The highest BCUT2D eigenvalue weighted by Crippen LogP contribution is 2.40. The standard InChI is InChI=1S/C56H72F3N7O7S/c1-36-50(74-35-64-36)41-21-17-38(18-22-41)31-63-53(71)46-30-44(67)34-66(46)54(72)51(55(2,3)4)65-48(68)15-10-8-6-7-9-11-26-60-49(69)28-39-13-12-14-40(27-39)32-62-52(70)45-29-42(47(73-5)33-61-45)23-16-37-19-24-43(25-20-37)56(57,58)59/h12-14,16-18,21-23,27,29,33,35,37,43-44,46,51,67H,6-11,15,19-20,24-26,28,30-32,34H2,1-5H3,(H,60,69)(H,62,70)(H,63,71)(H,65,68)/b23-16+/t37-,43-,44-,46+,51-/m1/s1. The zero-order chi connectivity index (χ0) is 53.4. The van der Waals surface area contributed by atoms with Crippen molar-refractivity contribution in [2.75, 3.05) is 20.2 Å². The molecule has 3 atom stereocenters. The van der Waals surface area contributed by atoms with Crippen molar-refractivity contribution in [3.63, 3.8) is 0 Å². The molecule has 1 saturated carbocycles. The van der Waals surface area contributed by atoms with Crippen LogP contribution in [0.3, 0.4) is 0 Å². The molecule has 2 aliphatic rings. The van der Waals surface area contributed by atoms with E-state index in [1.54, 1.807) is 23.5 Å². The van der Waals surface area contributed by atoms with Gasteiger partial charge in [0.1, 0.15) is 23.5 Å². The molecule has 1 aliphatic carbocycles. The highest BCUT2D eigenvalue weighted by atomic mass is 32.1. The van der Waals surface area contributed by atoms with E-state index in [0.29, 0.717) is 37.1 Å². The second-order valence-corrected chi connectivity index (χ2v) is 21.5. The van der Waals surface area contributed by atoms with Crippen molar-refractivity contribution in [2.45, 2.75) is 149 Å². The van der Waals surface area contributed by atoms with Gasteiger partial charge < -0.3 is 36.0 Å². The fourth-order valence-corrected chi connectivity index (χ4v) is 10.3. The zero-order valence-corrected chi connectivity index (χ0v) is 44.0. The number of rotatable bonds is 23. The van der Waals surface area contributed by atoms with E-state index in [0.717, 1.165) is 64.9 Å². The van der Waals surface area contributed by atoms with Gasteiger partial charge in [-0.1, -0.05) is 107 Å². The third kappa shape index (κ3) is 16.9. The summed E-state index contributed by atoms with van der Waals surface area (Å²) >= 11 is 1.57. The van der Waals surface area contributed by atoms with Crippen LogP contribution in [-0.2, 0) is 38.7 Å². The first-order valence-corrected chi connectivity index (χ1v) is 26.6. The third-order valence-corrected chi connectivity index (χ3v) is 14.8. The summed E-state index contributed by atoms with van der Waals surface area (Å²) < 4.78 is 44.8. The maximum atomic E-state index is 14.0. The molecule has 3 heterocycles. The van der Waals surface area contributed by atoms with Gasteiger partial charge in [0.2, 0.25) is 23.6 Å². The average molecular weight is 1040 g/mol. The molecule has 74 heavy (non-hydrogen) atoms. The number of halogens is 3. The topological polar surface area (TPSA) is 192 Å². The second kappa shape index (κ2) is 26.9. The first-order chi connectivity index (χ1) is 35.3. The first-order valence-electron chi connectivity index (χ1n) is 25.8. The molecule has 6 rings (SSSR count). The Morgan fingerprint density at radius 3 is 2.22 bits per heavy atom. The predicted molar refractivity (Wildman–Crippen MR) is 280 cm³/mol. The number of aryl methyl sites for hydroxylation is 1. The summed E-state index contributed by atoms with van der Waals surface area (Å²) in [6.45, 7) is 8.56.